The van der Waals surface area contributed by atoms with Crippen LogP contribution in [0.15, 0.2) is 29.4 Å². The highest BCUT2D eigenvalue weighted by atomic mass is 35.5. The zero-order chi connectivity index (χ0) is 10.4. The molecule has 0 saturated carbocycles. The van der Waals surface area contributed by atoms with Crippen molar-refractivity contribution in [3.05, 3.63) is 29.2 Å². The summed E-state index contributed by atoms with van der Waals surface area (Å²) < 4.78 is 0. The number of hydrogen-bond donors (Lipinski definition) is 0. The fourth-order valence-electron chi connectivity index (χ4n) is 1.11. The molecule has 80 valence electrons. The summed E-state index contributed by atoms with van der Waals surface area (Å²) in [5.74, 6) is 0. The third-order valence-electron chi connectivity index (χ3n) is 1.95. The molecule has 1 aromatic carbocycles. The van der Waals surface area contributed by atoms with Gasteiger partial charge in [0.15, 0.2) is 0 Å². The Morgan fingerprint density at radius 1 is 1.47 bits per heavy atom. The van der Waals surface area contributed by atoms with Crippen LogP contribution in [0.1, 0.15) is 7.85 Å². The van der Waals surface area contributed by atoms with Gasteiger partial charge in [-0.05, 0) is 29.4 Å². The van der Waals surface area contributed by atoms with Crippen molar-refractivity contribution in [2.45, 2.75) is 6.42 Å². The fourth-order valence-corrected chi connectivity index (χ4v) is 1.11. The number of anilines is 1. The number of nitriles is 1. The lowest BCUT2D eigenvalue weighted by Gasteiger charge is -2.17. The maximum Gasteiger partial charge on any atom is 1.00 e. The van der Waals surface area contributed by atoms with Gasteiger partial charge in [0.1, 0.15) is 5.69 Å². The quantitative estimate of drug-likeness (QED) is 0.653. The minimum atomic E-state index is 0. The number of halogens is 1. The average Bonchev–Trinajstić information content (AvgIpc) is 2.26. The Labute approximate surface area is 96.4 Å². The minimum Gasteiger partial charge on any atom is -1.00 e. The highest BCUT2D eigenvalue weighted by Crippen LogP contribution is 2.18. The standard InChI is InChI=1S/C10H11N3O.ClH/c1-13(8-2-7-11)10-5-3-9(12-14)4-6-10;/h3-6H,2,8H2,1H3;1H. The van der Waals surface area contributed by atoms with Crippen LogP contribution < -0.4 is 17.3 Å². The molecule has 0 aliphatic heterocycles. The first-order valence-electron chi connectivity index (χ1n) is 4.29. The van der Waals surface area contributed by atoms with Crippen LogP contribution in [0.25, 0.3) is 0 Å². The van der Waals surface area contributed by atoms with Gasteiger partial charge < -0.3 is 17.3 Å². The van der Waals surface area contributed by atoms with Gasteiger partial charge in [0.05, 0.1) is 12.5 Å². The van der Waals surface area contributed by atoms with E-state index in [2.05, 4.69) is 11.2 Å². The summed E-state index contributed by atoms with van der Waals surface area (Å²) in [4.78, 5) is 12.1. The van der Waals surface area contributed by atoms with Gasteiger partial charge in [-0.25, -0.2) is 0 Å². The smallest absolute Gasteiger partial charge is 1.00 e. The zero-order valence-electron chi connectivity index (χ0n) is 9.35. The van der Waals surface area contributed by atoms with Crippen LogP contribution in [0.5, 0.6) is 0 Å². The van der Waals surface area contributed by atoms with E-state index < -0.39 is 0 Å². The van der Waals surface area contributed by atoms with Crippen molar-refractivity contribution in [3.8, 4) is 6.07 Å². The Morgan fingerprint density at radius 2 is 2.07 bits per heavy atom. The Morgan fingerprint density at radius 3 is 2.53 bits per heavy atom. The Hall–Kier alpha value is -1.60. The van der Waals surface area contributed by atoms with Crippen LogP contribution in [0.3, 0.4) is 0 Å². The summed E-state index contributed by atoms with van der Waals surface area (Å²) in [7, 11) is 1.90. The zero-order valence-corrected chi connectivity index (χ0v) is 9.11. The van der Waals surface area contributed by atoms with E-state index in [1.165, 1.54) is 0 Å². The molecule has 0 heterocycles. The van der Waals surface area contributed by atoms with Gasteiger partial charge in [0.25, 0.3) is 0 Å². The predicted octanol–water partition coefficient (Wildman–Crippen LogP) is -0.449. The first kappa shape index (κ1) is 13.4. The molecule has 5 heteroatoms. The van der Waals surface area contributed by atoms with Crippen LogP contribution in [-0.2, 0) is 0 Å². The Balaban J connectivity index is 0. The number of rotatable bonds is 4. The largest absolute Gasteiger partial charge is 1.00 e. The molecule has 0 bridgehead atoms. The van der Waals surface area contributed by atoms with E-state index in [0.29, 0.717) is 18.7 Å². The van der Waals surface area contributed by atoms with E-state index in [1.807, 2.05) is 24.1 Å². The van der Waals surface area contributed by atoms with Crippen LogP contribution in [-0.4, -0.2) is 13.6 Å². The third-order valence-corrected chi connectivity index (χ3v) is 1.95. The molecule has 0 spiro atoms. The van der Waals surface area contributed by atoms with Gasteiger partial charge in [-0.15, -0.1) is 4.91 Å². The van der Waals surface area contributed by atoms with Crippen molar-refractivity contribution in [2.24, 2.45) is 5.18 Å². The molecule has 0 saturated heterocycles. The summed E-state index contributed by atoms with van der Waals surface area (Å²) in [5.41, 5.74) is 1.40. The molecule has 1 rings (SSSR count). The van der Waals surface area contributed by atoms with Crippen LogP contribution >= 0.6 is 0 Å². The lowest BCUT2D eigenvalue weighted by molar-refractivity contribution is -0.00000320. The van der Waals surface area contributed by atoms with Crippen molar-refractivity contribution in [1.82, 2.24) is 0 Å². The molecular weight excluding hydrogens is 214 g/mol. The molecule has 4 nitrogen and oxygen atoms in total. The Kier molecular flexibility index (Phi) is 6.07. The number of hydrogen-bond acceptors (Lipinski definition) is 4. The first-order valence-corrected chi connectivity index (χ1v) is 4.29. The van der Waals surface area contributed by atoms with Crippen molar-refractivity contribution >= 4 is 11.4 Å². The second-order valence-electron chi connectivity index (χ2n) is 2.94. The maximum absolute atomic E-state index is 10.2. The fraction of sp³-hybridized carbons (Fsp3) is 0.300. The van der Waals surface area contributed by atoms with Crippen LogP contribution in [0, 0.1) is 16.2 Å². The molecule has 0 aliphatic rings. The van der Waals surface area contributed by atoms with E-state index in [4.69, 9.17) is 5.26 Å². The molecule has 0 atom stereocenters. The van der Waals surface area contributed by atoms with Gasteiger partial charge in [0, 0.05) is 19.3 Å². The number of nitrogens with zero attached hydrogens (tertiary/aromatic N) is 3. The van der Waals surface area contributed by atoms with E-state index in [1.54, 1.807) is 12.1 Å². The van der Waals surface area contributed by atoms with Crippen molar-refractivity contribution in [3.63, 3.8) is 0 Å². The number of nitroso groups, excluding NO2 is 1. The molecule has 0 radical (unpaired) electrons. The van der Waals surface area contributed by atoms with Crippen molar-refractivity contribution < 1.29 is 13.8 Å². The summed E-state index contributed by atoms with van der Waals surface area (Å²) >= 11 is 0. The van der Waals surface area contributed by atoms with E-state index in [0.717, 1.165) is 5.69 Å². The van der Waals surface area contributed by atoms with Crippen LogP contribution in [0.4, 0.5) is 11.4 Å². The van der Waals surface area contributed by atoms with Gasteiger partial charge in [-0.3, -0.25) is 0 Å². The molecule has 0 fully saturated rings. The van der Waals surface area contributed by atoms with E-state index >= 15 is 0 Å². The van der Waals surface area contributed by atoms with E-state index in [9.17, 15) is 4.91 Å². The molecular formula is C10H12ClN3O. The third kappa shape index (κ3) is 3.96. The Bertz CT molecular complexity index is 350. The van der Waals surface area contributed by atoms with Crippen molar-refractivity contribution in [1.29, 1.82) is 5.26 Å². The normalized spacial score (nSPS) is 8.53. The van der Waals surface area contributed by atoms with Gasteiger partial charge >= 0.3 is 1.43 Å². The second-order valence-corrected chi connectivity index (χ2v) is 2.94. The van der Waals surface area contributed by atoms with Crippen molar-refractivity contribution in [2.75, 3.05) is 18.5 Å². The first-order chi connectivity index (χ1) is 6.77. The summed E-state index contributed by atoms with van der Waals surface area (Å²) in [6.45, 7) is 0.685. The maximum atomic E-state index is 10.2. The highest BCUT2D eigenvalue weighted by Gasteiger charge is 1.99. The highest BCUT2D eigenvalue weighted by molar-refractivity contribution is 5.52. The summed E-state index contributed by atoms with van der Waals surface area (Å²) in [6.07, 6.45) is 0.490. The van der Waals surface area contributed by atoms with Gasteiger partial charge in [-0.2, -0.15) is 5.26 Å². The topological polar surface area (TPSA) is 56.5 Å². The second kappa shape index (κ2) is 6.80. The number of benzene rings is 1. The molecule has 0 N–H and O–H groups in total. The van der Waals surface area contributed by atoms with Crippen LogP contribution in [0.2, 0.25) is 0 Å². The average molecular weight is 226 g/mol. The van der Waals surface area contributed by atoms with Gasteiger partial charge in [-0.1, -0.05) is 0 Å². The molecule has 1 aromatic rings. The lowest BCUT2D eigenvalue weighted by atomic mass is 10.2. The molecule has 0 aromatic heterocycles. The SMILES string of the molecule is CN(CCC#N)c1ccc(N=O)cc1.[Cl-].[H+]. The monoisotopic (exact) mass is 225 g/mol. The molecule has 15 heavy (non-hydrogen) atoms. The summed E-state index contributed by atoms with van der Waals surface area (Å²) in [5, 5.41) is 11.2. The lowest BCUT2D eigenvalue weighted by Crippen LogP contribution is -3.00. The van der Waals surface area contributed by atoms with E-state index in [-0.39, 0.29) is 13.8 Å². The summed E-state index contributed by atoms with van der Waals surface area (Å²) in [6, 6.07) is 9.02. The minimum absolute atomic E-state index is 0. The molecule has 0 unspecified atom stereocenters. The van der Waals surface area contributed by atoms with Gasteiger partial charge in [0.2, 0.25) is 0 Å². The molecule has 0 amide bonds. The predicted molar refractivity (Wildman–Crippen MR) is 56.5 cm³/mol. The molecule has 0 aliphatic carbocycles.